The van der Waals surface area contributed by atoms with E-state index in [0.29, 0.717) is 5.88 Å². The van der Waals surface area contributed by atoms with Crippen molar-refractivity contribution in [3.63, 3.8) is 0 Å². The zero-order valence-corrected chi connectivity index (χ0v) is 7.77. The monoisotopic (exact) mass is 207 g/mol. The highest BCUT2D eigenvalue weighted by Crippen LogP contribution is 2.17. The summed E-state index contributed by atoms with van der Waals surface area (Å²) in [7, 11) is 0. The number of aromatic nitrogens is 3. The van der Waals surface area contributed by atoms with Gasteiger partial charge in [-0.15, -0.1) is 0 Å². The normalized spacial score (nSPS) is 9.71. The van der Waals surface area contributed by atoms with Gasteiger partial charge in [0.05, 0.1) is 6.20 Å². The molecule has 0 aliphatic carbocycles. The second-order valence-electron chi connectivity index (χ2n) is 2.28. The smallest absolute Gasteiger partial charge is 0.283 e. The first kappa shape index (κ1) is 8.76. The largest absolute Gasteiger partial charge is 0.410 e. The Morgan fingerprint density at radius 3 is 3.00 bits per heavy atom. The molecule has 0 atom stereocenters. The Morgan fingerprint density at radius 1 is 1.36 bits per heavy atom. The molecule has 0 spiro atoms. The molecular weight excluding hydrogens is 202 g/mol. The van der Waals surface area contributed by atoms with Gasteiger partial charge in [-0.05, 0) is 0 Å². The lowest BCUT2D eigenvalue weighted by Crippen LogP contribution is -2.02. The maximum absolute atomic E-state index is 10.9. The van der Waals surface area contributed by atoms with Crippen molar-refractivity contribution in [3.05, 3.63) is 40.4 Å². The first-order valence-corrected chi connectivity index (χ1v) is 4.62. The number of hydrogen-bond acceptors (Lipinski definition) is 6. The summed E-state index contributed by atoms with van der Waals surface area (Å²) in [5.74, 6) is 0.321. The molecule has 0 radical (unpaired) electrons. The van der Waals surface area contributed by atoms with Crippen molar-refractivity contribution >= 4 is 11.3 Å². The first-order valence-electron chi connectivity index (χ1n) is 3.74. The zero-order chi connectivity index (χ0) is 9.80. The molecular formula is C8H5N3O2S. The zero-order valence-electron chi connectivity index (χ0n) is 6.95. The molecule has 2 aromatic heterocycles. The summed E-state index contributed by atoms with van der Waals surface area (Å²) in [5.41, 5.74) is -0.331. The predicted octanol–water partition coefficient (Wildman–Crippen LogP) is 1.09. The Morgan fingerprint density at radius 2 is 2.29 bits per heavy atom. The third-order valence-corrected chi connectivity index (χ3v) is 1.96. The summed E-state index contributed by atoms with van der Waals surface area (Å²) in [6.07, 6.45) is 4.49. The highest BCUT2D eigenvalue weighted by molar-refractivity contribution is 7.11. The third kappa shape index (κ3) is 2.11. The Labute approximate surface area is 83.1 Å². The van der Waals surface area contributed by atoms with Crippen molar-refractivity contribution in [1.82, 2.24) is 15.0 Å². The lowest BCUT2D eigenvalue weighted by Gasteiger charge is -1.99. The van der Waals surface area contributed by atoms with E-state index in [1.54, 1.807) is 5.38 Å². The van der Waals surface area contributed by atoms with Crippen LogP contribution < -0.4 is 10.3 Å². The minimum atomic E-state index is -0.331. The topological polar surface area (TPSA) is 65.0 Å². The highest BCUT2D eigenvalue weighted by atomic mass is 32.1. The predicted molar refractivity (Wildman–Crippen MR) is 50.5 cm³/mol. The van der Waals surface area contributed by atoms with E-state index in [2.05, 4.69) is 15.0 Å². The van der Waals surface area contributed by atoms with Crippen molar-refractivity contribution < 1.29 is 4.74 Å². The minimum Gasteiger partial charge on any atom is -0.410 e. The molecule has 0 saturated heterocycles. The van der Waals surface area contributed by atoms with E-state index < -0.39 is 0 Å². The van der Waals surface area contributed by atoms with E-state index >= 15 is 0 Å². The van der Waals surface area contributed by atoms with E-state index in [1.807, 2.05) is 0 Å². The Balaban J connectivity index is 2.24. The average molecular weight is 207 g/mol. The Hall–Kier alpha value is -1.82. The van der Waals surface area contributed by atoms with Crippen LogP contribution in [-0.4, -0.2) is 15.0 Å². The summed E-state index contributed by atoms with van der Waals surface area (Å²) >= 11 is 1.22. The summed E-state index contributed by atoms with van der Waals surface area (Å²) in [4.78, 5) is 22.2. The maximum atomic E-state index is 10.9. The van der Waals surface area contributed by atoms with E-state index in [4.69, 9.17) is 4.74 Å². The van der Waals surface area contributed by atoms with Gasteiger partial charge < -0.3 is 4.74 Å². The molecule has 2 rings (SSSR count). The number of ether oxygens (including phenoxy) is 1. The molecule has 0 bridgehead atoms. The van der Waals surface area contributed by atoms with Gasteiger partial charge in [-0.3, -0.25) is 9.78 Å². The molecule has 0 unspecified atom stereocenters. The van der Waals surface area contributed by atoms with Crippen molar-refractivity contribution in [1.29, 1.82) is 0 Å². The van der Waals surface area contributed by atoms with E-state index in [-0.39, 0.29) is 10.8 Å². The quantitative estimate of drug-likeness (QED) is 0.737. The molecule has 0 aromatic carbocycles. The molecule has 0 aliphatic heterocycles. The van der Waals surface area contributed by atoms with Gasteiger partial charge in [0.1, 0.15) is 0 Å². The number of hydrogen-bond donors (Lipinski definition) is 0. The molecule has 6 heteroatoms. The number of rotatable bonds is 2. The third-order valence-electron chi connectivity index (χ3n) is 1.31. The molecule has 0 amide bonds. The molecule has 5 nitrogen and oxygen atoms in total. The van der Waals surface area contributed by atoms with E-state index in [1.165, 1.54) is 36.0 Å². The highest BCUT2D eigenvalue weighted by Gasteiger charge is 1.99. The van der Waals surface area contributed by atoms with E-state index in [9.17, 15) is 4.79 Å². The average Bonchev–Trinajstić information content (AvgIpc) is 2.19. The molecule has 2 aromatic rings. The van der Waals surface area contributed by atoms with Gasteiger partial charge >= 0.3 is 0 Å². The van der Waals surface area contributed by atoms with Crippen molar-refractivity contribution in [2.75, 3.05) is 0 Å². The van der Waals surface area contributed by atoms with Gasteiger partial charge in [-0.2, -0.15) is 4.98 Å². The van der Waals surface area contributed by atoms with Gasteiger partial charge in [0, 0.05) is 23.8 Å². The molecule has 14 heavy (non-hydrogen) atoms. The van der Waals surface area contributed by atoms with Crippen LogP contribution in [0.15, 0.2) is 34.8 Å². The standard InChI is InChI=1S/C8H5N3O2S/c12-6-1-4-14-8(11-6)13-7-5-9-2-3-10-7/h1-5H. The van der Waals surface area contributed by atoms with Crippen molar-refractivity contribution in [2.45, 2.75) is 0 Å². The van der Waals surface area contributed by atoms with Gasteiger partial charge in [0.15, 0.2) is 0 Å². The molecule has 0 N–H and O–H groups in total. The van der Waals surface area contributed by atoms with Crippen LogP contribution in [0.4, 0.5) is 0 Å². The summed E-state index contributed by atoms with van der Waals surface area (Å²) < 4.78 is 5.19. The molecule has 0 saturated carbocycles. The fourth-order valence-electron chi connectivity index (χ4n) is 0.778. The number of nitrogens with zero attached hydrogens (tertiary/aromatic N) is 3. The van der Waals surface area contributed by atoms with Crippen LogP contribution in [0, 0.1) is 0 Å². The molecule has 0 fully saturated rings. The summed E-state index contributed by atoms with van der Waals surface area (Å²) in [6, 6.07) is 1.37. The molecule has 2 heterocycles. The van der Waals surface area contributed by atoms with Crippen LogP contribution in [0.3, 0.4) is 0 Å². The first-order chi connectivity index (χ1) is 6.84. The van der Waals surface area contributed by atoms with E-state index in [0.717, 1.165) is 0 Å². The van der Waals surface area contributed by atoms with Gasteiger partial charge in [0.25, 0.3) is 10.8 Å². The van der Waals surface area contributed by atoms with Crippen molar-refractivity contribution in [3.8, 4) is 11.1 Å². The molecule has 0 aliphatic rings. The lowest BCUT2D eigenvalue weighted by molar-refractivity contribution is 0.454. The fourth-order valence-corrected chi connectivity index (χ4v) is 1.36. The fraction of sp³-hybridized carbons (Fsp3) is 0. The minimum absolute atomic E-state index is 0.262. The Kier molecular flexibility index (Phi) is 2.46. The van der Waals surface area contributed by atoms with Crippen LogP contribution in [0.5, 0.6) is 11.1 Å². The van der Waals surface area contributed by atoms with Gasteiger partial charge in [-0.25, -0.2) is 4.98 Å². The van der Waals surface area contributed by atoms with Crippen LogP contribution in [0.1, 0.15) is 0 Å². The Bertz CT molecular complexity index is 471. The SMILES string of the molecule is O=c1ccsc(Oc2cnccn2)n1. The second kappa shape index (κ2) is 3.93. The van der Waals surface area contributed by atoms with Crippen LogP contribution in [0.2, 0.25) is 0 Å². The van der Waals surface area contributed by atoms with Crippen molar-refractivity contribution in [2.24, 2.45) is 0 Å². The summed E-state index contributed by atoms with van der Waals surface area (Å²) in [5, 5.41) is 1.87. The maximum Gasteiger partial charge on any atom is 0.283 e. The van der Waals surface area contributed by atoms with Crippen LogP contribution in [0.25, 0.3) is 0 Å². The van der Waals surface area contributed by atoms with Gasteiger partial charge in [-0.1, -0.05) is 11.3 Å². The lowest BCUT2D eigenvalue weighted by atomic mass is 10.7. The second-order valence-corrected chi connectivity index (χ2v) is 3.14. The van der Waals surface area contributed by atoms with Gasteiger partial charge in [0.2, 0.25) is 5.88 Å². The van der Waals surface area contributed by atoms with Crippen LogP contribution in [-0.2, 0) is 0 Å². The summed E-state index contributed by atoms with van der Waals surface area (Å²) in [6.45, 7) is 0. The van der Waals surface area contributed by atoms with Crippen LogP contribution >= 0.6 is 11.3 Å². The molecule has 70 valence electrons.